The fraction of sp³-hybridized carbons (Fsp3) is 0.625. The van der Waals surface area contributed by atoms with E-state index in [4.69, 9.17) is 9.47 Å². The van der Waals surface area contributed by atoms with Gasteiger partial charge in [-0.05, 0) is 37.8 Å². The van der Waals surface area contributed by atoms with Gasteiger partial charge in [0, 0.05) is 24.8 Å². The van der Waals surface area contributed by atoms with Crippen LogP contribution in [0.15, 0.2) is 24.3 Å². The van der Waals surface area contributed by atoms with E-state index in [1.807, 2.05) is 12.1 Å². The van der Waals surface area contributed by atoms with Crippen LogP contribution in [-0.4, -0.2) is 26.9 Å². The van der Waals surface area contributed by atoms with Crippen LogP contribution >= 0.6 is 0 Å². The molecular weight excluding hydrogens is 238 g/mol. The Kier molecular flexibility index (Phi) is 5.67. The Hall–Kier alpha value is -1.06. The molecular formula is C16H25NO2. The summed E-state index contributed by atoms with van der Waals surface area (Å²) in [5.41, 5.74) is 1.27. The molecule has 1 fully saturated rings. The normalized spacial score (nSPS) is 20.4. The van der Waals surface area contributed by atoms with Gasteiger partial charge in [0.25, 0.3) is 0 Å². The van der Waals surface area contributed by atoms with E-state index in [9.17, 15) is 0 Å². The maximum Gasteiger partial charge on any atom is 0.123 e. The molecule has 1 heterocycles. The molecule has 1 aliphatic rings. The van der Waals surface area contributed by atoms with Gasteiger partial charge < -0.3 is 14.8 Å². The summed E-state index contributed by atoms with van der Waals surface area (Å²) in [6.07, 6.45) is 3.45. The highest BCUT2D eigenvalue weighted by Gasteiger charge is 2.23. The van der Waals surface area contributed by atoms with E-state index < -0.39 is 0 Å². The summed E-state index contributed by atoms with van der Waals surface area (Å²) in [7, 11) is 1.74. The van der Waals surface area contributed by atoms with Gasteiger partial charge in [0.15, 0.2) is 0 Å². The zero-order chi connectivity index (χ0) is 13.5. The minimum absolute atomic E-state index is 0.364. The van der Waals surface area contributed by atoms with Crippen LogP contribution in [0, 0.1) is 5.92 Å². The molecule has 2 unspecified atom stereocenters. The second-order valence-electron chi connectivity index (χ2n) is 5.21. The van der Waals surface area contributed by atoms with Crippen molar-refractivity contribution in [1.82, 2.24) is 5.32 Å². The largest absolute Gasteiger partial charge is 0.496 e. The molecule has 3 nitrogen and oxygen atoms in total. The van der Waals surface area contributed by atoms with Crippen LogP contribution in [0.2, 0.25) is 0 Å². The quantitative estimate of drug-likeness (QED) is 0.819. The highest BCUT2D eigenvalue weighted by atomic mass is 16.5. The van der Waals surface area contributed by atoms with E-state index in [-0.39, 0.29) is 0 Å². The molecule has 2 rings (SSSR count). The SMILES string of the molecule is CCCNC(CC1CCOC1)c1ccccc1OC. The van der Waals surface area contributed by atoms with Crippen LogP contribution < -0.4 is 10.1 Å². The predicted molar refractivity (Wildman–Crippen MR) is 77.6 cm³/mol. The van der Waals surface area contributed by atoms with Crippen LogP contribution in [0.5, 0.6) is 5.75 Å². The van der Waals surface area contributed by atoms with Crippen LogP contribution in [0.25, 0.3) is 0 Å². The van der Waals surface area contributed by atoms with E-state index in [2.05, 4.69) is 24.4 Å². The fourth-order valence-electron chi connectivity index (χ4n) is 2.70. The van der Waals surface area contributed by atoms with Crippen LogP contribution in [0.4, 0.5) is 0 Å². The number of rotatable bonds is 7. The Morgan fingerprint density at radius 3 is 2.95 bits per heavy atom. The van der Waals surface area contributed by atoms with Crippen molar-refractivity contribution in [2.45, 2.75) is 32.2 Å². The number of methoxy groups -OCH3 is 1. The summed E-state index contributed by atoms with van der Waals surface area (Å²) in [6.45, 7) is 5.05. The first kappa shape index (κ1) is 14.4. The van der Waals surface area contributed by atoms with Crippen LogP contribution in [-0.2, 0) is 4.74 Å². The average Bonchev–Trinajstić information content (AvgIpc) is 2.96. The van der Waals surface area contributed by atoms with E-state index in [0.717, 1.165) is 38.3 Å². The fourth-order valence-corrected chi connectivity index (χ4v) is 2.70. The number of hydrogen-bond donors (Lipinski definition) is 1. The molecule has 1 aromatic carbocycles. The van der Waals surface area contributed by atoms with Crippen molar-refractivity contribution in [1.29, 1.82) is 0 Å². The van der Waals surface area contributed by atoms with Crippen molar-refractivity contribution < 1.29 is 9.47 Å². The Bertz CT molecular complexity index is 375. The first-order chi connectivity index (χ1) is 9.35. The number of benzene rings is 1. The predicted octanol–water partition coefficient (Wildman–Crippen LogP) is 3.16. The summed E-state index contributed by atoms with van der Waals surface area (Å²) in [5.74, 6) is 1.65. The van der Waals surface area contributed by atoms with Gasteiger partial charge >= 0.3 is 0 Å². The number of hydrogen-bond acceptors (Lipinski definition) is 3. The first-order valence-corrected chi connectivity index (χ1v) is 7.29. The molecule has 0 bridgehead atoms. The second-order valence-corrected chi connectivity index (χ2v) is 5.21. The summed E-state index contributed by atoms with van der Waals surface area (Å²) >= 11 is 0. The first-order valence-electron chi connectivity index (χ1n) is 7.29. The van der Waals surface area contributed by atoms with Gasteiger partial charge in [0.05, 0.1) is 7.11 Å². The van der Waals surface area contributed by atoms with Gasteiger partial charge in [-0.1, -0.05) is 25.1 Å². The van der Waals surface area contributed by atoms with Gasteiger partial charge in [-0.3, -0.25) is 0 Å². The minimum Gasteiger partial charge on any atom is -0.496 e. The summed E-state index contributed by atoms with van der Waals surface area (Å²) in [5, 5.41) is 3.65. The highest BCUT2D eigenvalue weighted by molar-refractivity contribution is 5.35. The lowest BCUT2D eigenvalue weighted by atomic mass is 9.93. The minimum atomic E-state index is 0.364. The van der Waals surface area contributed by atoms with Gasteiger partial charge in [-0.25, -0.2) is 0 Å². The molecule has 3 heteroatoms. The molecule has 1 aliphatic heterocycles. The topological polar surface area (TPSA) is 30.5 Å². The van der Waals surface area contributed by atoms with E-state index >= 15 is 0 Å². The standard InChI is InChI=1S/C16H25NO2/c1-3-9-17-15(11-13-8-10-19-12-13)14-6-4-5-7-16(14)18-2/h4-7,13,15,17H,3,8-12H2,1-2H3. The summed E-state index contributed by atoms with van der Waals surface area (Å²) < 4.78 is 11.0. The van der Waals surface area contributed by atoms with Crippen molar-refractivity contribution in [2.24, 2.45) is 5.92 Å². The molecule has 19 heavy (non-hydrogen) atoms. The lowest BCUT2D eigenvalue weighted by Crippen LogP contribution is -2.25. The lowest BCUT2D eigenvalue weighted by molar-refractivity contribution is 0.181. The smallest absolute Gasteiger partial charge is 0.123 e. The number of nitrogens with one attached hydrogen (secondary N) is 1. The third-order valence-electron chi connectivity index (χ3n) is 3.75. The number of ether oxygens (including phenoxy) is 2. The van der Waals surface area contributed by atoms with Gasteiger partial charge in [0.2, 0.25) is 0 Å². The zero-order valence-corrected chi connectivity index (χ0v) is 12.0. The number of para-hydroxylation sites is 1. The molecule has 0 spiro atoms. The summed E-state index contributed by atoms with van der Waals surface area (Å²) in [4.78, 5) is 0. The average molecular weight is 263 g/mol. The maximum absolute atomic E-state index is 5.50. The maximum atomic E-state index is 5.50. The Morgan fingerprint density at radius 2 is 2.26 bits per heavy atom. The Labute approximate surface area is 116 Å². The van der Waals surface area contributed by atoms with Crippen LogP contribution in [0.1, 0.15) is 37.8 Å². The molecule has 1 N–H and O–H groups in total. The van der Waals surface area contributed by atoms with E-state index in [0.29, 0.717) is 12.0 Å². The van der Waals surface area contributed by atoms with Crippen LogP contribution in [0.3, 0.4) is 0 Å². The van der Waals surface area contributed by atoms with Crippen molar-refractivity contribution in [2.75, 3.05) is 26.9 Å². The molecule has 0 aliphatic carbocycles. The van der Waals surface area contributed by atoms with E-state index in [1.54, 1.807) is 7.11 Å². The molecule has 2 atom stereocenters. The Balaban J connectivity index is 2.10. The monoisotopic (exact) mass is 263 g/mol. The van der Waals surface area contributed by atoms with Gasteiger partial charge in [-0.2, -0.15) is 0 Å². The Morgan fingerprint density at radius 1 is 1.42 bits per heavy atom. The molecule has 1 saturated heterocycles. The molecule has 106 valence electrons. The highest BCUT2D eigenvalue weighted by Crippen LogP contribution is 2.31. The van der Waals surface area contributed by atoms with Crippen molar-refractivity contribution in [3.8, 4) is 5.75 Å². The van der Waals surface area contributed by atoms with Gasteiger partial charge in [0.1, 0.15) is 5.75 Å². The van der Waals surface area contributed by atoms with Crippen molar-refractivity contribution in [3.05, 3.63) is 29.8 Å². The van der Waals surface area contributed by atoms with Crippen molar-refractivity contribution in [3.63, 3.8) is 0 Å². The summed E-state index contributed by atoms with van der Waals surface area (Å²) in [6, 6.07) is 8.69. The zero-order valence-electron chi connectivity index (χ0n) is 12.0. The third-order valence-corrected chi connectivity index (χ3v) is 3.75. The van der Waals surface area contributed by atoms with E-state index in [1.165, 1.54) is 12.0 Å². The second kappa shape index (κ2) is 7.51. The molecule has 0 aromatic heterocycles. The lowest BCUT2D eigenvalue weighted by Gasteiger charge is -2.23. The molecule has 0 amide bonds. The molecule has 0 radical (unpaired) electrons. The molecule has 0 saturated carbocycles. The van der Waals surface area contributed by atoms with Crippen molar-refractivity contribution >= 4 is 0 Å². The molecule has 1 aromatic rings. The van der Waals surface area contributed by atoms with Gasteiger partial charge in [-0.15, -0.1) is 0 Å². The third kappa shape index (κ3) is 3.95.